The average Bonchev–Trinajstić information content (AvgIpc) is 2.24. The van der Waals surface area contributed by atoms with Crippen molar-refractivity contribution in [1.29, 1.82) is 0 Å². The van der Waals surface area contributed by atoms with Crippen LogP contribution in [0, 0.1) is 0 Å². The molecule has 1 aliphatic heterocycles. The van der Waals surface area contributed by atoms with Gasteiger partial charge in [-0.1, -0.05) is 12.5 Å². The lowest BCUT2D eigenvalue weighted by molar-refractivity contribution is -0.125. The van der Waals surface area contributed by atoms with Crippen molar-refractivity contribution in [3.63, 3.8) is 0 Å². The van der Waals surface area contributed by atoms with Crippen LogP contribution in [0.2, 0.25) is 0 Å². The molecule has 1 fully saturated rings. The van der Waals surface area contributed by atoms with Crippen molar-refractivity contribution < 1.29 is 13.2 Å². The van der Waals surface area contributed by atoms with E-state index in [1.165, 1.54) is 4.31 Å². The van der Waals surface area contributed by atoms with Crippen molar-refractivity contribution in [2.24, 2.45) is 0 Å². The van der Waals surface area contributed by atoms with Crippen molar-refractivity contribution in [1.82, 2.24) is 9.62 Å². The van der Waals surface area contributed by atoms with Gasteiger partial charge in [-0.2, -0.15) is 4.31 Å². The molecule has 1 atom stereocenters. The molecule has 1 N–H and O–H groups in total. The number of piperidine rings is 1. The van der Waals surface area contributed by atoms with E-state index in [9.17, 15) is 13.2 Å². The van der Waals surface area contributed by atoms with Crippen LogP contribution in [0.5, 0.6) is 0 Å². The molecule has 5 nitrogen and oxygen atoms in total. The van der Waals surface area contributed by atoms with Gasteiger partial charge >= 0.3 is 0 Å². The van der Waals surface area contributed by atoms with Gasteiger partial charge in [0.25, 0.3) is 0 Å². The van der Waals surface area contributed by atoms with E-state index in [-0.39, 0.29) is 5.91 Å². The number of amides is 1. The highest BCUT2D eigenvalue weighted by Gasteiger charge is 2.33. The third kappa shape index (κ3) is 3.31. The monoisotopic (exact) mass is 246 g/mol. The predicted octanol–water partition coefficient (Wildman–Crippen LogP) is 0.103. The van der Waals surface area contributed by atoms with E-state index < -0.39 is 16.1 Å². The Bertz CT molecular complexity index is 364. The molecule has 0 aromatic heterocycles. The standard InChI is InChI=1S/C10H18N2O3S/c1-3-7-11-10(13)9-6-4-5-8-12(9)16(2,14)15/h3,9H,1,4-8H2,2H3,(H,11,13)/t9-/m0/s1. The van der Waals surface area contributed by atoms with Crippen LogP contribution >= 0.6 is 0 Å². The number of carbonyl (C=O) groups is 1. The number of rotatable bonds is 4. The molecular formula is C10H18N2O3S. The minimum atomic E-state index is -3.30. The Morgan fingerprint density at radius 3 is 2.81 bits per heavy atom. The van der Waals surface area contributed by atoms with E-state index in [1.54, 1.807) is 6.08 Å². The maximum Gasteiger partial charge on any atom is 0.238 e. The fourth-order valence-electron chi connectivity index (χ4n) is 1.85. The van der Waals surface area contributed by atoms with Crippen LogP contribution < -0.4 is 5.32 Å². The van der Waals surface area contributed by atoms with Crippen LogP contribution in [0.15, 0.2) is 12.7 Å². The summed E-state index contributed by atoms with van der Waals surface area (Å²) in [5.74, 6) is -0.231. The molecule has 1 aliphatic rings. The topological polar surface area (TPSA) is 66.5 Å². The van der Waals surface area contributed by atoms with Crippen molar-refractivity contribution in [2.75, 3.05) is 19.3 Å². The number of sulfonamides is 1. The molecule has 1 rings (SSSR count). The Hall–Kier alpha value is -0.880. The van der Waals surface area contributed by atoms with E-state index in [4.69, 9.17) is 0 Å². The fourth-order valence-corrected chi connectivity index (χ4v) is 2.98. The lowest BCUT2D eigenvalue weighted by Gasteiger charge is -2.32. The summed E-state index contributed by atoms with van der Waals surface area (Å²) in [4.78, 5) is 11.7. The highest BCUT2D eigenvalue weighted by molar-refractivity contribution is 7.88. The number of hydrogen-bond acceptors (Lipinski definition) is 3. The van der Waals surface area contributed by atoms with Crippen LogP contribution in [0.3, 0.4) is 0 Å². The van der Waals surface area contributed by atoms with Gasteiger partial charge in [-0.25, -0.2) is 8.42 Å². The predicted molar refractivity (Wildman–Crippen MR) is 62.4 cm³/mol. The third-order valence-corrected chi connectivity index (χ3v) is 3.89. The molecule has 0 saturated carbocycles. The van der Waals surface area contributed by atoms with Crippen molar-refractivity contribution in [2.45, 2.75) is 25.3 Å². The second-order valence-electron chi connectivity index (χ2n) is 3.92. The summed E-state index contributed by atoms with van der Waals surface area (Å²) in [6, 6.07) is -0.552. The molecule has 0 bridgehead atoms. The summed E-state index contributed by atoms with van der Waals surface area (Å²) < 4.78 is 24.3. The highest BCUT2D eigenvalue weighted by atomic mass is 32.2. The first-order chi connectivity index (χ1) is 7.46. The van der Waals surface area contributed by atoms with Gasteiger partial charge in [0.2, 0.25) is 15.9 Å². The number of nitrogens with zero attached hydrogens (tertiary/aromatic N) is 1. The molecule has 16 heavy (non-hydrogen) atoms. The summed E-state index contributed by atoms with van der Waals surface area (Å²) in [7, 11) is -3.30. The maximum atomic E-state index is 11.7. The number of carbonyl (C=O) groups excluding carboxylic acids is 1. The Morgan fingerprint density at radius 2 is 2.25 bits per heavy atom. The zero-order valence-electron chi connectivity index (χ0n) is 9.48. The molecule has 0 unspecified atom stereocenters. The summed E-state index contributed by atoms with van der Waals surface area (Å²) >= 11 is 0. The molecule has 6 heteroatoms. The lowest BCUT2D eigenvalue weighted by atomic mass is 10.0. The van der Waals surface area contributed by atoms with Gasteiger partial charge in [0, 0.05) is 13.1 Å². The minimum absolute atomic E-state index is 0.231. The van der Waals surface area contributed by atoms with Crippen molar-refractivity contribution in [3.8, 4) is 0 Å². The van der Waals surface area contributed by atoms with Crippen LogP contribution in [0.25, 0.3) is 0 Å². The zero-order chi connectivity index (χ0) is 12.2. The minimum Gasteiger partial charge on any atom is -0.351 e. The molecule has 1 heterocycles. The second kappa shape index (κ2) is 5.45. The normalized spacial score (nSPS) is 22.7. The van der Waals surface area contributed by atoms with Gasteiger partial charge in [0.1, 0.15) is 6.04 Å². The number of hydrogen-bond donors (Lipinski definition) is 1. The van der Waals surface area contributed by atoms with Crippen LogP contribution in [-0.4, -0.2) is 44.0 Å². The van der Waals surface area contributed by atoms with Gasteiger partial charge in [-0.05, 0) is 12.8 Å². The smallest absolute Gasteiger partial charge is 0.238 e. The first-order valence-corrected chi connectivity index (χ1v) is 7.17. The van der Waals surface area contributed by atoms with E-state index in [0.29, 0.717) is 19.5 Å². The van der Waals surface area contributed by atoms with Crippen molar-refractivity contribution >= 4 is 15.9 Å². The summed E-state index contributed by atoms with van der Waals surface area (Å²) in [5, 5.41) is 2.64. The first-order valence-electron chi connectivity index (χ1n) is 5.32. The molecular weight excluding hydrogens is 228 g/mol. The zero-order valence-corrected chi connectivity index (χ0v) is 10.3. The largest absolute Gasteiger partial charge is 0.351 e. The number of nitrogens with one attached hydrogen (secondary N) is 1. The Morgan fingerprint density at radius 1 is 1.56 bits per heavy atom. The summed E-state index contributed by atoms with van der Waals surface area (Å²) in [5.41, 5.74) is 0. The van der Waals surface area contributed by atoms with Crippen LogP contribution in [0.4, 0.5) is 0 Å². The van der Waals surface area contributed by atoms with Crippen LogP contribution in [-0.2, 0) is 14.8 Å². The molecule has 0 aromatic carbocycles. The summed E-state index contributed by atoms with van der Waals surface area (Å²) in [6.45, 7) is 4.30. The fraction of sp³-hybridized carbons (Fsp3) is 0.700. The second-order valence-corrected chi connectivity index (χ2v) is 5.85. The van der Waals surface area contributed by atoms with E-state index in [2.05, 4.69) is 11.9 Å². The van der Waals surface area contributed by atoms with Gasteiger partial charge in [0.05, 0.1) is 6.26 Å². The molecule has 0 spiro atoms. The first kappa shape index (κ1) is 13.2. The molecule has 92 valence electrons. The molecule has 1 saturated heterocycles. The van der Waals surface area contributed by atoms with Gasteiger partial charge in [-0.3, -0.25) is 4.79 Å². The Balaban J connectivity index is 2.74. The SMILES string of the molecule is C=CCNC(=O)[C@@H]1CCCCN1S(C)(=O)=O. The van der Waals surface area contributed by atoms with E-state index >= 15 is 0 Å². The van der Waals surface area contributed by atoms with E-state index in [0.717, 1.165) is 19.1 Å². The van der Waals surface area contributed by atoms with Gasteiger partial charge in [-0.15, -0.1) is 6.58 Å². The van der Waals surface area contributed by atoms with Gasteiger partial charge in [0.15, 0.2) is 0 Å². The van der Waals surface area contributed by atoms with Crippen LogP contribution in [0.1, 0.15) is 19.3 Å². The molecule has 1 amide bonds. The van der Waals surface area contributed by atoms with Crippen molar-refractivity contribution in [3.05, 3.63) is 12.7 Å². The Kier molecular flexibility index (Phi) is 4.49. The Labute approximate surface area is 96.6 Å². The summed E-state index contributed by atoms with van der Waals surface area (Å²) in [6.07, 6.45) is 5.02. The highest BCUT2D eigenvalue weighted by Crippen LogP contribution is 2.19. The lowest BCUT2D eigenvalue weighted by Crippen LogP contribution is -2.51. The average molecular weight is 246 g/mol. The molecule has 0 aliphatic carbocycles. The molecule has 0 aromatic rings. The third-order valence-electron chi connectivity index (χ3n) is 2.60. The quantitative estimate of drug-likeness (QED) is 0.716. The maximum absolute atomic E-state index is 11.7. The molecule has 0 radical (unpaired) electrons. The van der Waals surface area contributed by atoms with E-state index in [1.807, 2.05) is 0 Å². The van der Waals surface area contributed by atoms with Gasteiger partial charge < -0.3 is 5.32 Å².